The molecule has 0 aliphatic heterocycles. The van der Waals surface area contributed by atoms with Gasteiger partial charge >= 0.3 is 0 Å². The summed E-state index contributed by atoms with van der Waals surface area (Å²) in [4.78, 5) is 28.9. The molecular formula is C6H13NO4P-. The molecule has 0 fully saturated rings. The summed E-state index contributed by atoms with van der Waals surface area (Å²) in [6.45, 7) is 4.16. The van der Waals surface area contributed by atoms with Gasteiger partial charge in [-0.15, -0.1) is 0 Å². The van der Waals surface area contributed by atoms with Gasteiger partial charge in [-0.2, -0.15) is 0 Å². The van der Waals surface area contributed by atoms with E-state index in [1.54, 1.807) is 0 Å². The first-order chi connectivity index (χ1) is 5.34. The number of carbonyl (C=O) groups excluding carboxylic acids is 1. The Morgan fingerprint density at radius 1 is 1.67 bits per heavy atom. The Morgan fingerprint density at radius 3 is 2.50 bits per heavy atom. The quantitative estimate of drug-likeness (QED) is 0.629. The van der Waals surface area contributed by atoms with Crippen LogP contribution >= 0.6 is 7.60 Å². The van der Waals surface area contributed by atoms with Crippen LogP contribution in [0.2, 0.25) is 0 Å². The van der Waals surface area contributed by atoms with E-state index < -0.39 is 13.2 Å². The first-order valence-electron chi connectivity index (χ1n) is 3.66. The molecular weight excluding hydrogens is 181 g/mol. The second-order valence-electron chi connectivity index (χ2n) is 2.93. The van der Waals surface area contributed by atoms with Gasteiger partial charge < -0.3 is 15.1 Å². The molecule has 0 saturated carbocycles. The number of amides is 1. The van der Waals surface area contributed by atoms with Gasteiger partial charge in [0.1, 0.15) is 0 Å². The van der Waals surface area contributed by atoms with E-state index in [0.717, 1.165) is 0 Å². The van der Waals surface area contributed by atoms with Gasteiger partial charge in [0.15, 0.2) is 0 Å². The van der Waals surface area contributed by atoms with Crippen molar-refractivity contribution in [1.82, 2.24) is 5.32 Å². The maximum absolute atomic E-state index is 10.5. The lowest BCUT2D eigenvalue weighted by atomic mass is 10.1. The summed E-state index contributed by atoms with van der Waals surface area (Å²) < 4.78 is 10.2. The van der Waals surface area contributed by atoms with Gasteiger partial charge in [0, 0.05) is 6.54 Å². The first-order valence-corrected chi connectivity index (χ1v) is 5.24. The van der Waals surface area contributed by atoms with Crippen LogP contribution in [-0.2, 0) is 4.57 Å². The fourth-order valence-corrected chi connectivity index (χ4v) is 0.879. The molecule has 12 heavy (non-hydrogen) atoms. The third-order valence-electron chi connectivity index (χ3n) is 1.25. The van der Waals surface area contributed by atoms with Crippen molar-refractivity contribution in [3.8, 4) is 0 Å². The Hall–Kier alpha value is -0.380. The Labute approximate surface area is 71.3 Å². The van der Waals surface area contributed by atoms with Crippen molar-refractivity contribution < 1.29 is 19.1 Å². The third-order valence-corrected chi connectivity index (χ3v) is 1.93. The van der Waals surface area contributed by atoms with E-state index in [9.17, 15) is 14.3 Å². The van der Waals surface area contributed by atoms with Crippen LogP contribution in [0.4, 0.5) is 4.79 Å². The number of carbonyl (C=O) groups is 1. The van der Waals surface area contributed by atoms with Crippen molar-refractivity contribution in [3.63, 3.8) is 0 Å². The number of nitrogens with one attached hydrogen (secondary N) is 1. The molecule has 72 valence electrons. The predicted molar refractivity (Wildman–Crippen MR) is 42.7 cm³/mol. The molecule has 5 nitrogen and oxygen atoms in total. The summed E-state index contributed by atoms with van der Waals surface area (Å²) in [6.07, 6.45) is 0.686. The van der Waals surface area contributed by atoms with Crippen molar-refractivity contribution in [2.24, 2.45) is 5.92 Å². The summed E-state index contributed by atoms with van der Waals surface area (Å²) in [6, 6.07) is 0. The third kappa shape index (κ3) is 5.29. The lowest BCUT2D eigenvalue weighted by Crippen LogP contribution is -2.27. The molecule has 0 bridgehead atoms. The smallest absolute Gasteiger partial charge is 0.291 e. The summed E-state index contributed by atoms with van der Waals surface area (Å²) in [5.41, 5.74) is -1.30. The lowest BCUT2D eigenvalue weighted by Gasteiger charge is -2.15. The van der Waals surface area contributed by atoms with Gasteiger partial charge in [-0.05, 0) is 12.3 Å². The van der Waals surface area contributed by atoms with Crippen LogP contribution in [-0.4, -0.2) is 17.1 Å². The minimum absolute atomic E-state index is 0.267. The highest BCUT2D eigenvalue weighted by Gasteiger charge is 2.13. The zero-order valence-corrected chi connectivity index (χ0v) is 8.01. The van der Waals surface area contributed by atoms with Crippen LogP contribution in [0, 0.1) is 5.92 Å². The topological polar surface area (TPSA) is 89.5 Å². The van der Waals surface area contributed by atoms with Crippen LogP contribution in [0.5, 0.6) is 0 Å². The minimum Gasteiger partial charge on any atom is -0.772 e. The van der Waals surface area contributed by atoms with Gasteiger partial charge in [-0.3, -0.25) is 9.36 Å². The molecule has 0 heterocycles. The van der Waals surface area contributed by atoms with E-state index in [2.05, 4.69) is 5.32 Å². The summed E-state index contributed by atoms with van der Waals surface area (Å²) in [5, 5.41) is 2.09. The fraction of sp³-hybridized carbons (Fsp3) is 0.833. The molecule has 0 aromatic heterocycles. The van der Waals surface area contributed by atoms with Crippen LogP contribution in [0.1, 0.15) is 20.3 Å². The van der Waals surface area contributed by atoms with Crippen molar-refractivity contribution in [2.75, 3.05) is 6.54 Å². The Morgan fingerprint density at radius 2 is 2.17 bits per heavy atom. The molecule has 0 aliphatic carbocycles. The van der Waals surface area contributed by atoms with E-state index in [1.807, 2.05) is 13.8 Å². The maximum Gasteiger partial charge on any atom is 0.291 e. The van der Waals surface area contributed by atoms with Crippen LogP contribution < -0.4 is 10.2 Å². The average Bonchev–Trinajstić information content (AvgIpc) is 1.84. The van der Waals surface area contributed by atoms with Crippen molar-refractivity contribution in [2.45, 2.75) is 20.3 Å². The number of hydrogen-bond donors (Lipinski definition) is 2. The molecule has 0 spiro atoms. The molecule has 0 rings (SSSR count). The lowest BCUT2D eigenvalue weighted by molar-refractivity contribution is -0.188. The molecule has 0 aliphatic rings. The molecule has 0 aromatic rings. The van der Waals surface area contributed by atoms with Crippen molar-refractivity contribution in [1.29, 1.82) is 0 Å². The molecule has 1 unspecified atom stereocenters. The Kier molecular flexibility index (Phi) is 4.45. The highest BCUT2D eigenvalue weighted by atomic mass is 31.2. The van der Waals surface area contributed by atoms with E-state index in [1.165, 1.54) is 0 Å². The van der Waals surface area contributed by atoms with Gasteiger partial charge in [-0.25, -0.2) is 0 Å². The summed E-state index contributed by atoms with van der Waals surface area (Å²) in [7, 11) is -4.82. The Balaban J connectivity index is 3.67. The normalized spacial score (nSPS) is 15.8. The predicted octanol–water partition coefficient (Wildman–Crippen LogP) is 0.288. The van der Waals surface area contributed by atoms with E-state index in [0.29, 0.717) is 12.3 Å². The molecule has 0 radical (unpaired) electrons. The average molecular weight is 194 g/mol. The summed E-state index contributed by atoms with van der Waals surface area (Å²) in [5.74, 6) is 0.384. The highest BCUT2D eigenvalue weighted by Crippen LogP contribution is 2.28. The standard InChI is InChI=1S/C6H14NO4P/c1-5(2)3-4-7-6(8)12(9,10)11/h5H,3-4H2,1-2H3,(H,7,8)(H2,9,10,11)/p-1. The van der Waals surface area contributed by atoms with Crippen LogP contribution in [0.15, 0.2) is 0 Å². The molecule has 0 saturated heterocycles. The Bertz CT molecular complexity index is 198. The van der Waals surface area contributed by atoms with Gasteiger partial charge in [-0.1, -0.05) is 13.8 Å². The van der Waals surface area contributed by atoms with E-state index in [-0.39, 0.29) is 6.54 Å². The first kappa shape index (κ1) is 11.6. The molecule has 1 atom stereocenters. The molecule has 2 N–H and O–H groups in total. The summed E-state index contributed by atoms with van der Waals surface area (Å²) >= 11 is 0. The van der Waals surface area contributed by atoms with Crippen molar-refractivity contribution in [3.05, 3.63) is 0 Å². The SMILES string of the molecule is CC(C)CCNC(=O)P(=O)([O-])O. The molecule has 0 aromatic carbocycles. The van der Waals surface area contributed by atoms with E-state index in [4.69, 9.17) is 4.89 Å². The van der Waals surface area contributed by atoms with Crippen LogP contribution in [0.3, 0.4) is 0 Å². The van der Waals surface area contributed by atoms with E-state index >= 15 is 0 Å². The minimum atomic E-state index is -4.82. The van der Waals surface area contributed by atoms with Crippen LogP contribution in [0.25, 0.3) is 0 Å². The largest absolute Gasteiger partial charge is 0.772 e. The van der Waals surface area contributed by atoms with Gasteiger partial charge in [0.25, 0.3) is 5.65 Å². The highest BCUT2D eigenvalue weighted by molar-refractivity contribution is 7.68. The van der Waals surface area contributed by atoms with Crippen molar-refractivity contribution >= 4 is 13.2 Å². The monoisotopic (exact) mass is 194 g/mol. The zero-order valence-electron chi connectivity index (χ0n) is 7.11. The van der Waals surface area contributed by atoms with Gasteiger partial charge in [0.05, 0.1) is 0 Å². The maximum atomic E-state index is 10.5. The number of rotatable bonds is 4. The fourth-order valence-electron chi connectivity index (χ4n) is 0.568. The molecule has 6 heteroatoms. The zero-order chi connectivity index (χ0) is 9.78. The second-order valence-corrected chi connectivity index (χ2v) is 4.38. The number of hydrogen-bond acceptors (Lipinski definition) is 3. The molecule has 1 amide bonds. The second kappa shape index (κ2) is 4.60. The van der Waals surface area contributed by atoms with Gasteiger partial charge in [0.2, 0.25) is 7.60 Å².